The molecule has 0 spiro atoms. The van der Waals surface area contributed by atoms with E-state index >= 15 is 0 Å². The zero-order valence-corrected chi connectivity index (χ0v) is 10.2. The lowest BCUT2D eigenvalue weighted by Crippen LogP contribution is -2.27. The Labute approximate surface area is 105 Å². The Bertz CT molecular complexity index is 639. The number of hydrogen-bond acceptors (Lipinski definition) is 3. The molecule has 0 saturated heterocycles. The van der Waals surface area contributed by atoms with Crippen molar-refractivity contribution in [1.82, 2.24) is 15.3 Å². The van der Waals surface area contributed by atoms with Crippen LogP contribution < -0.4 is 10.9 Å². The molecule has 2 N–H and O–H groups in total. The van der Waals surface area contributed by atoms with Crippen LogP contribution in [0.25, 0.3) is 10.9 Å². The summed E-state index contributed by atoms with van der Waals surface area (Å²) in [6, 6.07) is 7.49. The SMILES string of the molecule is C#CCC(C)NCc1nc2ccccc2c(=O)[nH]1. The van der Waals surface area contributed by atoms with Gasteiger partial charge in [-0.2, -0.15) is 0 Å². The van der Waals surface area contributed by atoms with Crippen molar-refractivity contribution in [2.75, 3.05) is 0 Å². The Morgan fingerprint density at radius 2 is 2.28 bits per heavy atom. The van der Waals surface area contributed by atoms with Gasteiger partial charge in [-0.15, -0.1) is 12.3 Å². The number of terminal acetylenes is 1. The number of hydrogen-bond donors (Lipinski definition) is 2. The van der Waals surface area contributed by atoms with Crippen LogP contribution in [0.1, 0.15) is 19.2 Å². The molecule has 0 fully saturated rings. The van der Waals surface area contributed by atoms with Gasteiger partial charge in [-0.25, -0.2) is 4.98 Å². The van der Waals surface area contributed by atoms with Gasteiger partial charge in [0.05, 0.1) is 17.4 Å². The molecule has 4 heteroatoms. The number of benzene rings is 1. The summed E-state index contributed by atoms with van der Waals surface area (Å²) in [4.78, 5) is 19.0. The van der Waals surface area contributed by atoms with Crippen LogP contribution in [0.15, 0.2) is 29.1 Å². The summed E-state index contributed by atoms with van der Waals surface area (Å²) in [6.07, 6.45) is 5.88. The molecule has 4 nitrogen and oxygen atoms in total. The molecule has 0 aliphatic carbocycles. The first-order chi connectivity index (χ1) is 8.70. The highest BCUT2D eigenvalue weighted by Crippen LogP contribution is 2.05. The molecule has 2 rings (SSSR count). The Morgan fingerprint density at radius 1 is 1.50 bits per heavy atom. The van der Waals surface area contributed by atoms with Gasteiger partial charge in [0, 0.05) is 12.5 Å². The van der Waals surface area contributed by atoms with Crippen molar-refractivity contribution in [2.24, 2.45) is 0 Å². The van der Waals surface area contributed by atoms with Crippen molar-refractivity contribution in [3.8, 4) is 12.3 Å². The molecule has 0 saturated carbocycles. The van der Waals surface area contributed by atoms with Gasteiger partial charge in [-0.05, 0) is 19.1 Å². The number of fused-ring (bicyclic) bond motifs is 1. The Morgan fingerprint density at radius 3 is 3.06 bits per heavy atom. The van der Waals surface area contributed by atoms with E-state index in [-0.39, 0.29) is 11.6 Å². The second-order valence-corrected chi connectivity index (χ2v) is 4.22. The van der Waals surface area contributed by atoms with Crippen molar-refractivity contribution in [1.29, 1.82) is 0 Å². The van der Waals surface area contributed by atoms with E-state index in [1.807, 2.05) is 25.1 Å². The third-order valence-corrected chi connectivity index (χ3v) is 2.70. The van der Waals surface area contributed by atoms with Crippen LogP contribution in [0.4, 0.5) is 0 Å². The van der Waals surface area contributed by atoms with Crippen LogP contribution in [0, 0.1) is 12.3 Å². The van der Waals surface area contributed by atoms with Crippen molar-refractivity contribution < 1.29 is 0 Å². The van der Waals surface area contributed by atoms with Gasteiger partial charge in [-0.3, -0.25) is 4.79 Å². The fraction of sp³-hybridized carbons (Fsp3) is 0.286. The molecule has 0 aliphatic rings. The van der Waals surface area contributed by atoms with E-state index in [2.05, 4.69) is 21.2 Å². The predicted octanol–water partition coefficient (Wildman–Crippen LogP) is 1.42. The van der Waals surface area contributed by atoms with Gasteiger partial charge in [0.2, 0.25) is 0 Å². The molecule has 92 valence electrons. The van der Waals surface area contributed by atoms with E-state index in [9.17, 15) is 4.79 Å². The van der Waals surface area contributed by atoms with Crippen molar-refractivity contribution in [2.45, 2.75) is 25.9 Å². The quantitative estimate of drug-likeness (QED) is 0.796. The molecule has 0 aliphatic heterocycles. The van der Waals surface area contributed by atoms with E-state index in [1.54, 1.807) is 6.07 Å². The monoisotopic (exact) mass is 241 g/mol. The molecule has 1 atom stereocenters. The topological polar surface area (TPSA) is 57.8 Å². The summed E-state index contributed by atoms with van der Waals surface area (Å²) in [5.74, 6) is 3.22. The lowest BCUT2D eigenvalue weighted by atomic mass is 10.2. The second kappa shape index (κ2) is 5.48. The standard InChI is InChI=1S/C14H15N3O/c1-3-6-10(2)15-9-13-16-12-8-5-4-7-11(12)14(18)17-13/h1,4-5,7-8,10,15H,6,9H2,2H3,(H,16,17,18). The highest BCUT2D eigenvalue weighted by atomic mass is 16.1. The number of aromatic nitrogens is 2. The zero-order valence-electron chi connectivity index (χ0n) is 10.2. The number of nitrogens with one attached hydrogen (secondary N) is 2. The summed E-state index contributed by atoms with van der Waals surface area (Å²) in [5, 5.41) is 3.83. The van der Waals surface area contributed by atoms with Gasteiger partial charge in [0.15, 0.2) is 0 Å². The van der Waals surface area contributed by atoms with Crippen molar-refractivity contribution in [3.63, 3.8) is 0 Å². The van der Waals surface area contributed by atoms with E-state index in [4.69, 9.17) is 6.42 Å². The van der Waals surface area contributed by atoms with E-state index in [0.29, 0.717) is 29.7 Å². The van der Waals surface area contributed by atoms with Crippen LogP contribution in [0.5, 0.6) is 0 Å². The predicted molar refractivity (Wildman–Crippen MR) is 72.1 cm³/mol. The number of rotatable bonds is 4. The first kappa shape index (κ1) is 12.3. The third-order valence-electron chi connectivity index (χ3n) is 2.70. The lowest BCUT2D eigenvalue weighted by Gasteiger charge is -2.10. The minimum absolute atomic E-state index is 0.109. The molecule has 1 unspecified atom stereocenters. The fourth-order valence-corrected chi connectivity index (χ4v) is 1.74. The van der Waals surface area contributed by atoms with Crippen LogP contribution in [-0.4, -0.2) is 16.0 Å². The molecule has 2 aromatic rings. The molecule has 0 radical (unpaired) electrons. The number of nitrogens with zero attached hydrogens (tertiary/aromatic N) is 1. The maximum atomic E-state index is 11.8. The normalized spacial score (nSPS) is 12.2. The average molecular weight is 241 g/mol. The number of para-hydroxylation sites is 1. The highest BCUT2D eigenvalue weighted by molar-refractivity contribution is 5.77. The maximum absolute atomic E-state index is 11.8. The Balaban J connectivity index is 2.20. The first-order valence-electron chi connectivity index (χ1n) is 5.85. The third kappa shape index (κ3) is 2.76. The summed E-state index contributed by atoms with van der Waals surface area (Å²) in [6.45, 7) is 2.50. The Hall–Kier alpha value is -2.12. The largest absolute Gasteiger partial charge is 0.309 e. The molecule has 1 heterocycles. The zero-order chi connectivity index (χ0) is 13.0. The minimum Gasteiger partial charge on any atom is -0.309 e. The van der Waals surface area contributed by atoms with Crippen molar-refractivity contribution in [3.05, 3.63) is 40.4 Å². The molecular formula is C14H15N3O. The maximum Gasteiger partial charge on any atom is 0.258 e. The van der Waals surface area contributed by atoms with Crippen molar-refractivity contribution >= 4 is 10.9 Å². The van der Waals surface area contributed by atoms with Crippen LogP contribution in [0.2, 0.25) is 0 Å². The van der Waals surface area contributed by atoms with Gasteiger partial charge < -0.3 is 10.3 Å². The highest BCUT2D eigenvalue weighted by Gasteiger charge is 2.04. The second-order valence-electron chi connectivity index (χ2n) is 4.22. The van der Waals surface area contributed by atoms with Crippen LogP contribution >= 0.6 is 0 Å². The summed E-state index contributed by atoms with van der Waals surface area (Å²) in [7, 11) is 0. The number of aromatic amines is 1. The van der Waals surface area contributed by atoms with Crippen LogP contribution in [-0.2, 0) is 6.54 Å². The van der Waals surface area contributed by atoms with E-state index in [0.717, 1.165) is 0 Å². The fourth-order valence-electron chi connectivity index (χ4n) is 1.74. The van der Waals surface area contributed by atoms with Gasteiger partial charge in [0.25, 0.3) is 5.56 Å². The van der Waals surface area contributed by atoms with Crippen LogP contribution in [0.3, 0.4) is 0 Å². The van der Waals surface area contributed by atoms with Gasteiger partial charge >= 0.3 is 0 Å². The molecule has 1 aromatic carbocycles. The molecule has 0 amide bonds. The van der Waals surface area contributed by atoms with E-state index in [1.165, 1.54) is 0 Å². The van der Waals surface area contributed by atoms with Gasteiger partial charge in [-0.1, -0.05) is 12.1 Å². The lowest BCUT2D eigenvalue weighted by molar-refractivity contribution is 0.546. The molecule has 18 heavy (non-hydrogen) atoms. The van der Waals surface area contributed by atoms with E-state index < -0.39 is 0 Å². The smallest absolute Gasteiger partial charge is 0.258 e. The first-order valence-corrected chi connectivity index (χ1v) is 5.85. The minimum atomic E-state index is -0.109. The average Bonchev–Trinajstić information content (AvgIpc) is 2.37. The Kier molecular flexibility index (Phi) is 3.75. The summed E-state index contributed by atoms with van der Waals surface area (Å²) < 4.78 is 0. The molecule has 1 aromatic heterocycles. The summed E-state index contributed by atoms with van der Waals surface area (Å²) >= 11 is 0. The molecular weight excluding hydrogens is 226 g/mol. The van der Waals surface area contributed by atoms with Gasteiger partial charge in [0.1, 0.15) is 5.82 Å². The molecule has 0 bridgehead atoms. The number of H-pyrrole nitrogens is 1. The summed E-state index contributed by atoms with van der Waals surface area (Å²) in [5.41, 5.74) is 0.602.